The van der Waals surface area contributed by atoms with Gasteiger partial charge in [-0.1, -0.05) is 17.7 Å². The fourth-order valence-electron chi connectivity index (χ4n) is 2.01. The highest BCUT2D eigenvalue weighted by Crippen LogP contribution is 2.18. The predicted molar refractivity (Wildman–Crippen MR) is 73.3 cm³/mol. The van der Waals surface area contributed by atoms with E-state index in [-0.39, 0.29) is 17.1 Å². The van der Waals surface area contributed by atoms with Crippen molar-refractivity contribution in [1.29, 1.82) is 0 Å². The molecule has 102 valence electrons. The van der Waals surface area contributed by atoms with E-state index < -0.39 is 5.82 Å². The van der Waals surface area contributed by atoms with E-state index in [0.29, 0.717) is 16.6 Å². The first-order valence-corrected chi connectivity index (χ1v) is 6.25. The van der Waals surface area contributed by atoms with Crippen molar-refractivity contribution in [3.8, 4) is 0 Å². The topological polar surface area (TPSA) is 52.7 Å². The first-order chi connectivity index (χ1) is 9.56. The fraction of sp³-hybridized carbons (Fsp3) is 0.154. The second kappa shape index (κ2) is 4.72. The number of halogens is 2. The Labute approximate surface area is 118 Å². The van der Waals surface area contributed by atoms with Gasteiger partial charge in [0, 0.05) is 12.1 Å². The summed E-state index contributed by atoms with van der Waals surface area (Å²) in [5, 5.41) is 4.72. The van der Waals surface area contributed by atoms with Crippen molar-refractivity contribution in [2.75, 3.05) is 0 Å². The van der Waals surface area contributed by atoms with Crippen molar-refractivity contribution in [2.45, 2.75) is 6.54 Å². The first kappa shape index (κ1) is 12.8. The van der Waals surface area contributed by atoms with Gasteiger partial charge >= 0.3 is 0 Å². The Kier molecular flexibility index (Phi) is 3.02. The average molecular weight is 293 g/mol. The summed E-state index contributed by atoms with van der Waals surface area (Å²) in [5.41, 5.74) is 0.972. The highest BCUT2D eigenvalue weighted by Gasteiger charge is 2.10. The normalized spacial score (nSPS) is 11.2. The van der Waals surface area contributed by atoms with Gasteiger partial charge in [-0.15, -0.1) is 0 Å². The van der Waals surface area contributed by atoms with Crippen LogP contribution in [-0.4, -0.2) is 19.3 Å². The fourth-order valence-corrected chi connectivity index (χ4v) is 2.24. The minimum atomic E-state index is -0.410. The Hall–Kier alpha value is -2.21. The van der Waals surface area contributed by atoms with E-state index in [9.17, 15) is 9.18 Å². The third-order valence-corrected chi connectivity index (χ3v) is 3.43. The molecule has 0 aliphatic carbocycles. The largest absolute Gasteiger partial charge is 0.294 e. The minimum absolute atomic E-state index is 0.205. The molecule has 0 bridgehead atoms. The number of hydrogen-bond acceptors (Lipinski definition) is 3. The van der Waals surface area contributed by atoms with E-state index >= 15 is 0 Å². The number of fused-ring (bicyclic) bond motifs is 1. The van der Waals surface area contributed by atoms with Crippen LogP contribution in [0.15, 0.2) is 35.5 Å². The van der Waals surface area contributed by atoms with Gasteiger partial charge in [0.05, 0.1) is 12.7 Å². The average Bonchev–Trinajstić information content (AvgIpc) is 2.78. The van der Waals surface area contributed by atoms with Crippen LogP contribution in [0.5, 0.6) is 0 Å². The van der Waals surface area contributed by atoms with Crippen LogP contribution in [0.1, 0.15) is 5.56 Å². The second-order valence-electron chi connectivity index (χ2n) is 4.42. The van der Waals surface area contributed by atoms with E-state index in [4.69, 9.17) is 11.6 Å². The van der Waals surface area contributed by atoms with Crippen molar-refractivity contribution >= 4 is 22.6 Å². The van der Waals surface area contributed by atoms with Crippen molar-refractivity contribution in [3.05, 3.63) is 57.5 Å². The van der Waals surface area contributed by atoms with Gasteiger partial charge in [-0.3, -0.25) is 14.0 Å². The summed E-state index contributed by atoms with van der Waals surface area (Å²) in [6, 6.07) is 4.08. The highest BCUT2D eigenvalue weighted by atomic mass is 35.5. The van der Waals surface area contributed by atoms with Crippen molar-refractivity contribution in [3.63, 3.8) is 0 Å². The van der Waals surface area contributed by atoms with Crippen molar-refractivity contribution in [1.82, 2.24) is 19.3 Å². The summed E-state index contributed by atoms with van der Waals surface area (Å²) >= 11 is 5.96. The smallest absolute Gasteiger partial charge is 0.264 e. The molecule has 0 saturated heterocycles. The number of nitrogens with zero attached hydrogens (tertiary/aromatic N) is 4. The van der Waals surface area contributed by atoms with Crippen LogP contribution < -0.4 is 5.56 Å². The molecule has 0 saturated carbocycles. The summed E-state index contributed by atoms with van der Waals surface area (Å²) in [6.07, 6.45) is 2.92. The van der Waals surface area contributed by atoms with Crippen LogP contribution in [0.3, 0.4) is 0 Å². The predicted octanol–water partition coefficient (Wildman–Crippen LogP) is 1.97. The Morgan fingerprint density at radius 3 is 2.95 bits per heavy atom. The van der Waals surface area contributed by atoms with Crippen molar-refractivity contribution in [2.24, 2.45) is 7.05 Å². The first-order valence-electron chi connectivity index (χ1n) is 5.87. The maximum absolute atomic E-state index is 13.0. The lowest BCUT2D eigenvalue weighted by atomic mass is 10.2. The van der Waals surface area contributed by atoms with Gasteiger partial charge in [0.2, 0.25) is 0 Å². The van der Waals surface area contributed by atoms with Crippen LogP contribution in [0.2, 0.25) is 5.02 Å². The van der Waals surface area contributed by atoms with E-state index in [0.717, 1.165) is 0 Å². The van der Waals surface area contributed by atoms with Crippen molar-refractivity contribution < 1.29 is 4.39 Å². The molecule has 3 rings (SSSR count). The summed E-state index contributed by atoms with van der Waals surface area (Å²) in [4.78, 5) is 16.5. The zero-order valence-corrected chi connectivity index (χ0v) is 11.3. The number of hydrogen-bond donors (Lipinski definition) is 0. The van der Waals surface area contributed by atoms with Gasteiger partial charge in [0.25, 0.3) is 5.56 Å². The molecule has 7 heteroatoms. The molecule has 1 aromatic carbocycles. The summed E-state index contributed by atoms with van der Waals surface area (Å²) in [7, 11) is 1.72. The number of aryl methyl sites for hydroxylation is 1. The second-order valence-corrected chi connectivity index (χ2v) is 4.83. The summed E-state index contributed by atoms with van der Waals surface area (Å²) in [5.74, 6) is -0.410. The molecule has 0 aliphatic rings. The Bertz CT molecular complexity index is 855. The minimum Gasteiger partial charge on any atom is -0.294 e. The number of rotatable bonds is 2. The molecule has 0 amide bonds. The van der Waals surface area contributed by atoms with Crippen LogP contribution in [0.4, 0.5) is 4.39 Å². The zero-order valence-electron chi connectivity index (χ0n) is 10.5. The molecule has 0 atom stereocenters. The monoisotopic (exact) mass is 292 g/mol. The van der Waals surface area contributed by atoms with Crippen LogP contribution in [-0.2, 0) is 13.6 Å². The van der Waals surface area contributed by atoms with Gasteiger partial charge in [0.15, 0.2) is 5.65 Å². The summed E-state index contributed by atoms with van der Waals surface area (Å²) in [6.45, 7) is 0.232. The van der Waals surface area contributed by atoms with Gasteiger partial charge in [-0.25, -0.2) is 9.37 Å². The molecule has 5 nitrogen and oxygen atoms in total. The maximum atomic E-state index is 13.0. The number of benzene rings is 1. The Morgan fingerprint density at radius 1 is 1.40 bits per heavy atom. The molecule has 0 radical (unpaired) electrons. The molecule has 3 aromatic rings. The Balaban J connectivity index is 2.07. The van der Waals surface area contributed by atoms with E-state index in [1.807, 2.05) is 0 Å². The lowest BCUT2D eigenvalue weighted by Crippen LogP contribution is -2.21. The molecular formula is C13H10ClFN4O. The van der Waals surface area contributed by atoms with Gasteiger partial charge < -0.3 is 0 Å². The molecule has 0 fully saturated rings. The lowest BCUT2D eigenvalue weighted by molar-refractivity contribution is 0.626. The third-order valence-electron chi connectivity index (χ3n) is 3.07. The van der Waals surface area contributed by atoms with Gasteiger partial charge in [0.1, 0.15) is 17.5 Å². The summed E-state index contributed by atoms with van der Waals surface area (Å²) < 4.78 is 16.0. The quantitative estimate of drug-likeness (QED) is 0.725. The Morgan fingerprint density at radius 2 is 2.20 bits per heavy atom. The highest BCUT2D eigenvalue weighted by molar-refractivity contribution is 6.31. The SMILES string of the molecule is Cn1ncc2c(=O)n(Cc3ccc(F)cc3Cl)cnc21. The molecule has 0 unspecified atom stereocenters. The van der Waals surface area contributed by atoms with Crippen LogP contribution in [0.25, 0.3) is 11.0 Å². The standard InChI is InChI=1S/C13H10ClFN4O/c1-18-12-10(5-17-18)13(20)19(7-16-12)6-8-2-3-9(15)4-11(8)14/h2-5,7H,6H2,1H3. The molecule has 0 spiro atoms. The van der Waals surface area contributed by atoms with E-state index in [1.54, 1.807) is 13.1 Å². The molecule has 0 N–H and O–H groups in total. The lowest BCUT2D eigenvalue weighted by Gasteiger charge is -2.07. The zero-order chi connectivity index (χ0) is 14.3. The number of aromatic nitrogens is 4. The third kappa shape index (κ3) is 2.08. The molecule has 20 heavy (non-hydrogen) atoms. The molecular weight excluding hydrogens is 283 g/mol. The molecule has 2 aromatic heterocycles. The van der Waals surface area contributed by atoms with Crippen LogP contribution in [0, 0.1) is 5.82 Å². The van der Waals surface area contributed by atoms with E-state index in [1.165, 1.54) is 33.9 Å². The van der Waals surface area contributed by atoms with E-state index in [2.05, 4.69) is 10.1 Å². The van der Waals surface area contributed by atoms with Crippen LogP contribution >= 0.6 is 11.6 Å². The maximum Gasteiger partial charge on any atom is 0.264 e. The van der Waals surface area contributed by atoms with Gasteiger partial charge in [-0.2, -0.15) is 5.10 Å². The molecule has 2 heterocycles. The molecule has 0 aliphatic heterocycles. The van der Waals surface area contributed by atoms with Gasteiger partial charge in [-0.05, 0) is 17.7 Å².